The van der Waals surface area contributed by atoms with E-state index in [-0.39, 0.29) is 22.0 Å². The lowest BCUT2D eigenvalue weighted by atomic mass is 10.2. The van der Waals surface area contributed by atoms with E-state index in [4.69, 9.17) is 16.0 Å². The van der Waals surface area contributed by atoms with E-state index in [0.717, 1.165) is 0 Å². The molecule has 2 aromatic rings. The number of hydrogen-bond donors (Lipinski definition) is 4. The van der Waals surface area contributed by atoms with Gasteiger partial charge in [-0.2, -0.15) is 8.42 Å². The van der Waals surface area contributed by atoms with Crippen LogP contribution in [0.5, 0.6) is 0 Å². The Bertz CT molecular complexity index is 880. The predicted molar refractivity (Wildman–Crippen MR) is 84.5 cm³/mol. The molecule has 0 saturated carbocycles. The van der Waals surface area contributed by atoms with Gasteiger partial charge in [0.2, 0.25) is 0 Å². The molecule has 10 heteroatoms. The second-order valence-electron chi connectivity index (χ2n) is 4.41. The van der Waals surface area contributed by atoms with Crippen LogP contribution in [0.25, 0.3) is 0 Å². The number of benzene rings is 2. The number of nitrogens with zero attached hydrogens (tertiary/aromatic N) is 2. The molecule has 0 aliphatic rings. The second kappa shape index (κ2) is 6.42. The van der Waals surface area contributed by atoms with Crippen LogP contribution in [0.4, 0.5) is 27.5 Å². The van der Waals surface area contributed by atoms with Crippen molar-refractivity contribution in [2.24, 2.45) is 16.0 Å². The molecule has 2 aromatic carbocycles. The number of nitrogen functional groups attached to an aromatic ring is 1. The number of primary amides is 1. The summed E-state index contributed by atoms with van der Waals surface area (Å²) in [5.74, 6) is 0. The van der Waals surface area contributed by atoms with Gasteiger partial charge in [-0.3, -0.25) is 4.55 Å². The third-order valence-corrected chi connectivity index (χ3v) is 3.59. The van der Waals surface area contributed by atoms with E-state index in [1.54, 1.807) is 0 Å². The molecule has 9 nitrogen and oxygen atoms in total. The van der Waals surface area contributed by atoms with Gasteiger partial charge in [0.25, 0.3) is 10.1 Å². The Morgan fingerprint density at radius 2 is 1.74 bits per heavy atom. The summed E-state index contributed by atoms with van der Waals surface area (Å²) in [6.07, 6.45) is 0. The number of rotatable bonds is 4. The molecule has 0 fully saturated rings. The Hall–Kier alpha value is -2.98. The van der Waals surface area contributed by atoms with Crippen LogP contribution in [-0.2, 0) is 10.1 Å². The van der Waals surface area contributed by atoms with Crippen LogP contribution >= 0.6 is 0 Å². The first-order chi connectivity index (χ1) is 10.8. The Morgan fingerprint density at radius 1 is 1.09 bits per heavy atom. The highest BCUT2D eigenvalue weighted by atomic mass is 32.2. The average molecular weight is 335 g/mol. The summed E-state index contributed by atoms with van der Waals surface area (Å²) >= 11 is 0. The van der Waals surface area contributed by atoms with E-state index in [2.05, 4.69) is 15.5 Å². The third-order valence-electron chi connectivity index (χ3n) is 2.69. The fourth-order valence-corrected chi connectivity index (χ4v) is 2.36. The van der Waals surface area contributed by atoms with Gasteiger partial charge in [0.15, 0.2) is 0 Å². The quantitative estimate of drug-likeness (QED) is 0.383. The van der Waals surface area contributed by atoms with Crippen LogP contribution in [-0.4, -0.2) is 19.0 Å². The fourth-order valence-electron chi connectivity index (χ4n) is 1.74. The van der Waals surface area contributed by atoms with Crippen LogP contribution in [0.2, 0.25) is 0 Å². The maximum absolute atomic E-state index is 11.3. The molecule has 0 aliphatic heterocycles. The van der Waals surface area contributed by atoms with E-state index in [1.165, 1.54) is 42.5 Å². The normalized spacial score (nSPS) is 11.5. The van der Waals surface area contributed by atoms with E-state index in [9.17, 15) is 13.2 Å². The molecule has 0 radical (unpaired) electrons. The van der Waals surface area contributed by atoms with E-state index in [0.29, 0.717) is 5.69 Å². The molecule has 120 valence electrons. The zero-order valence-corrected chi connectivity index (χ0v) is 12.5. The Labute approximate surface area is 131 Å². The van der Waals surface area contributed by atoms with Crippen LogP contribution in [0.1, 0.15) is 0 Å². The van der Waals surface area contributed by atoms with Gasteiger partial charge < -0.3 is 16.8 Å². The van der Waals surface area contributed by atoms with Gasteiger partial charge >= 0.3 is 6.03 Å². The number of nitrogens with two attached hydrogens (primary N) is 2. The van der Waals surface area contributed by atoms with Crippen LogP contribution < -0.4 is 16.8 Å². The second-order valence-corrected chi connectivity index (χ2v) is 5.80. The van der Waals surface area contributed by atoms with Gasteiger partial charge in [-0.25, -0.2) is 4.79 Å². The highest BCUT2D eigenvalue weighted by Gasteiger charge is 2.14. The van der Waals surface area contributed by atoms with Crippen molar-refractivity contribution in [1.82, 2.24) is 0 Å². The van der Waals surface area contributed by atoms with Crippen molar-refractivity contribution in [1.29, 1.82) is 0 Å². The number of nitrogens with one attached hydrogen (secondary N) is 1. The number of amides is 2. The summed E-state index contributed by atoms with van der Waals surface area (Å²) in [5.41, 5.74) is 11.4. The summed E-state index contributed by atoms with van der Waals surface area (Å²) in [4.78, 5) is 10.6. The molecule has 0 spiro atoms. The zero-order valence-electron chi connectivity index (χ0n) is 11.7. The van der Waals surface area contributed by atoms with Gasteiger partial charge in [-0.15, -0.1) is 10.2 Å². The SMILES string of the molecule is NC(=O)Nc1cc(N)ccc1N=Nc1ccccc1S(=O)(=O)O. The summed E-state index contributed by atoms with van der Waals surface area (Å²) in [5, 5.41) is 9.99. The van der Waals surface area contributed by atoms with E-state index >= 15 is 0 Å². The first-order valence-electron chi connectivity index (χ1n) is 6.21. The third kappa shape index (κ3) is 4.25. The highest BCUT2D eigenvalue weighted by molar-refractivity contribution is 7.86. The maximum Gasteiger partial charge on any atom is 0.316 e. The van der Waals surface area contributed by atoms with E-state index in [1.807, 2.05) is 0 Å². The minimum absolute atomic E-state index is 0.0585. The largest absolute Gasteiger partial charge is 0.399 e. The van der Waals surface area contributed by atoms with Crippen molar-refractivity contribution in [2.75, 3.05) is 11.1 Å². The minimum Gasteiger partial charge on any atom is -0.399 e. The molecule has 2 rings (SSSR count). The first kappa shape index (κ1) is 16.4. The van der Waals surface area contributed by atoms with Gasteiger partial charge in [0, 0.05) is 5.69 Å². The van der Waals surface area contributed by atoms with Crippen molar-refractivity contribution in [3.63, 3.8) is 0 Å². The van der Waals surface area contributed by atoms with Gasteiger partial charge in [-0.05, 0) is 30.3 Å². The summed E-state index contributed by atoms with van der Waals surface area (Å²) in [6.45, 7) is 0. The molecule has 0 heterocycles. The predicted octanol–water partition coefficient (Wildman–Crippen LogP) is 2.42. The molecule has 6 N–H and O–H groups in total. The Balaban J connectivity index is 2.44. The van der Waals surface area contributed by atoms with Gasteiger partial charge in [-0.1, -0.05) is 12.1 Å². The van der Waals surface area contributed by atoms with Gasteiger partial charge in [0.05, 0.1) is 5.69 Å². The average Bonchev–Trinajstić information content (AvgIpc) is 2.45. The molecular weight excluding hydrogens is 322 g/mol. The lowest BCUT2D eigenvalue weighted by Crippen LogP contribution is -2.19. The molecule has 0 atom stereocenters. The number of carbonyl (C=O) groups is 1. The zero-order chi connectivity index (χ0) is 17.0. The topological polar surface area (TPSA) is 160 Å². The van der Waals surface area contributed by atoms with Gasteiger partial charge in [0.1, 0.15) is 16.3 Å². The lowest BCUT2D eigenvalue weighted by Gasteiger charge is -2.06. The number of carbonyl (C=O) groups excluding carboxylic acids is 1. The van der Waals surface area contributed by atoms with Crippen LogP contribution in [0.3, 0.4) is 0 Å². The molecule has 0 aromatic heterocycles. The van der Waals surface area contributed by atoms with E-state index < -0.39 is 16.1 Å². The number of azo groups is 1. The maximum atomic E-state index is 11.3. The lowest BCUT2D eigenvalue weighted by molar-refractivity contribution is 0.259. The number of anilines is 2. The standard InChI is InChI=1S/C13H13N5O4S/c14-8-5-6-9(11(7-8)16-13(15)19)17-18-10-3-1-2-4-12(10)23(20,21)22/h1-7H,14H2,(H3,15,16,19)(H,20,21,22). The Morgan fingerprint density at radius 3 is 2.39 bits per heavy atom. The van der Waals surface area contributed by atoms with Crippen molar-refractivity contribution in [3.05, 3.63) is 42.5 Å². The first-order valence-corrected chi connectivity index (χ1v) is 7.65. The number of hydrogen-bond acceptors (Lipinski definition) is 6. The highest BCUT2D eigenvalue weighted by Crippen LogP contribution is 2.31. The molecule has 0 unspecified atom stereocenters. The molecule has 0 saturated heterocycles. The van der Waals surface area contributed by atoms with Crippen molar-refractivity contribution in [3.8, 4) is 0 Å². The smallest absolute Gasteiger partial charge is 0.316 e. The molecule has 0 aliphatic carbocycles. The summed E-state index contributed by atoms with van der Waals surface area (Å²) in [6, 6.07) is 9.13. The van der Waals surface area contributed by atoms with Crippen LogP contribution in [0.15, 0.2) is 57.6 Å². The molecule has 2 amide bonds. The molecule has 23 heavy (non-hydrogen) atoms. The Kier molecular flexibility index (Phi) is 4.57. The van der Waals surface area contributed by atoms with Crippen molar-refractivity contribution >= 4 is 38.9 Å². The fraction of sp³-hybridized carbons (Fsp3) is 0. The summed E-state index contributed by atoms with van der Waals surface area (Å²) in [7, 11) is -4.44. The van der Waals surface area contributed by atoms with Crippen molar-refractivity contribution < 1.29 is 17.8 Å². The van der Waals surface area contributed by atoms with Crippen LogP contribution in [0, 0.1) is 0 Å². The summed E-state index contributed by atoms with van der Waals surface area (Å²) < 4.78 is 31.7. The number of urea groups is 1. The molecule has 0 bridgehead atoms. The minimum atomic E-state index is -4.44. The van der Waals surface area contributed by atoms with Crippen molar-refractivity contribution in [2.45, 2.75) is 4.90 Å². The molecular formula is C13H13N5O4S. The monoisotopic (exact) mass is 335 g/mol.